The van der Waals surface area contributed by atoms with Crippen LogP contribution in [0.5, 0.6) is 0 Å². The van der Waals surface area contributed by atoms with Crippen LogP contribution in [0.1, 0.15) is 63.8 Å². The molecular weight excluding hydrogens is 456 g/mol. The van der Waals surface area contributed by atoms with Crippen molar-refractivity contribution in [2.75, 3.05) is 0 Å². The topological polar surface area (TPSA) is 0 Å². The van der Waals surface area contributed by atoms with E-state index in [-0.39, 0.29) is 0 Å². The summed E-state index contributed by atoms with van der Waals surface area (Å²) in [6.07, 6.45) is 14.4. The quantitative estimate of drug-likeness (QED) is 0.193. The van der Waals surface area contributed by atoms with Crippen LogP contribution in [-0.4, -0.2) is 0 Å². The first-order chi connectivity index (χ1) is 18.2. The van der Waals surface area contributed by atoms with Crippen LogP contribution in [0, 0.1) is 24.7 Å². The minimum absolute atomic E-state index is 0.727. The second kappa shape index (κ2) is 17.5. The Labute approximate surface area is 232 Å². The molecule has 0 unspecified atom stereocenters. The molecule has 4 aromatic rings. The molecule has 0 saturated heterocycles. The number of fused-ring (bicyclic) bond motifs is 2. The standard InChI is InChI=1S/2C15H14.2C4H8/c2*1-3-7-14-12(4-2)10-11-13-8-5-6-9-15(13)14;2*1-4(2)3/h2*1,5-6,8-11H,4,7H2,2H3;2*1H2,2-3H3. The smallest absolute Gasteiger partial charge is 0.0346 e. The minimum Gasteiger partial charge on any atom is -0.120 e. The predicted octanol–water partition coefficient (Wildman–Crippen LogP) is 10.3. The largest absolute Gasteiger partial charge is 0.120 e. The molecule has 0 radical (unpaired) electrons. The first-order valence-electron chi connectivity index (χ1n) is 13.3. The van der Waals surface area contributed by atoms with Crippen molar-refractivity contribution in [2.45, 2.75) is 67.2 Å². The molecule has 196 valence electrons. The normalized spacial score (nSPS) is 9.37. The summed E-state index contributed by atoms with van der Waals surface area (Å²) in [7, 11) is 0. The Hall–Kier alpha value is -4.00. The maximum absolute atomic E-state index is 5.43. The van der Waals surface area contributed by atoms with Gasteiger partial charge in [0.25, 0.3) is 0 Å². The highest BCUT2D eigenvalue weighted by Gasteiger charge is 2.05. The summed E-state index contributed by atoms with van der Waals surface area (Å²) in [5.74, 6) is 5.50. The molecule has 0 fully saturated rings. The van der Waals surface area contributed by atoms with Gasteiger partial charge >= 0.3 is 0 Å². The van der Waals surface area contributed by atoms with E-state index in [9.17, 15) is 0 Å². The summed E-state index contributed by atoms with van der Waals surface area (Å²) in [6, 6.07) is 25.6. The van der Waals surface area contributed by atoms with Gasteiger partial charge in [-0.3, -0.25) is 0 Å². The number of terminal acetylenes is 2. The highest BCUT2D eigenvalue weighted by Crippen LogP contribution is 2.24. The number of hydrogen-bond acceptors (Lipinski definition) is 0. The molecule has 0 aliphatic heterocycles. The zero-order chi connectivity index (χ0) is 28.5. The van der Waals surface area contributed by atoms with Crippen LogP contribution < -0.4 is 0 Å². The molecule has 0 aliphatic rings. The molecule has 0 aliphatic carbocycles. The van der Waals surface area contributed by atoms with Gasteiger partial charge in [0.1, 0.15) is 0 Å². The van der Waals surface area contributed by atoms with E-state index in [0.29, 0.717) is 0 Å². The zero-order valence-corrected chi connectivity index (χ0v) is 24.3. The van der Waals surface area contributed by atoms with Crippen LogP contribution in [0.4, 0.5) is 0 Å². The van der Waals surface area contributed by atoms with Gasteiger partial charge in [-0.2, -0.15) is 0 Å². The van der Waals surface area contributed by atoms with Crippen LogP contribution >= 0.6 is 0 Å². The van der Waals surface area contributed by atoms with Crippen molar-refractivity contribution < 1.29 is 0 Å². The number of aryl methyl sites for hydroxylation is 2. The lowest BCUT2D eigenvalue weighted by Gasteiger charge is -2.09. The van der Waals surface area contributed by atoms with Gasteiger partial charge in [0.05, 0.1) is 0 Å². The fourth-order valence-electron chi connectivity index (χ4n) is 4.05. The van der Waals surface area contributed by atoms with Crippen molar-refractivity contribution in [3.05, 3.63) is 119 Å². The van der Waals surface area contributed by atoms with E-state index in [1.54, 1.807) is 0 Å². The van der Waals surface area contributed by atoms with Crippen molar-refractivity contribution in [1.82, 2.24) is 0 Å². The van der Waals surface area contributed by atoms with Gasteiger partial charge in [0.2, 0.25) is 0 Å². The number of hydrogen-bond donors (Lipinski definition) is 0. The molecule has 0 spiro atoms. The summed E-state index contributed by atoms with van der Waals surface area (Å²) in [6.45, 7) is 19.3. The number of rotatable bonds is 4. The average molecular weight is 501 g/mol. The SMILES string of the molecule is C#CCc1c(CC)ccc2ccccc12.C#CCc1c(CC)ccc2ccccc12.C=C(C)C.C=C(C)C. The minimum atomic E-state index is 0.727. The first-order valence-corrected chi connectivity index (χ1v) is 13.3. The molecule has 0 bridgehead atoms. The lowest BCUT2D eigenvalue weighted by Crippen LogP contribution is -1.93. The average Bonchev–Trinajstić information content (AvgIpc) is 2.89. The Morgan fingerprint density at radius 1 is 0.579 bits per heavy atom. The molecule has 0 atom stereocenters. The molecule has 4 aromatic carbocycles. The molecule has 0 amide bonds. The fraction of sp³-hybridized carbons (Fsp3) is 0.263. The predicted molar refractivity (Wildman–Crippen MR) is 173 cm³/mol. The lowest BCUT2D eigenvalue weighted by atomic mass is 9.95. The summed E-state index contributed by atoms with van der Waals surface area (Å²) in [5, 5.41) is 5.16. The van der Waals surface area contributed by atoms with E-state index in [1.807, 2.05) is 27.7 Å². The van der Waals surface area contributed by atoms with E-state index in [0.717, 1.165) is 25.7 Å². The van der Waals surface area contributed by atoms with Gasteiger partial charge in [0.15, 0.2) is 0 Å². The molecule has 4 rings (SSSR count). The van der Waals surface area contributed by atoms with E-state index in [4.69, 9.17) is 12.8 Å². The molecule has 0 heteroatoms. The zero-order valence-electron chi connectivity index (χ0n) is 24.3. The maximum atomic E-state index is 5.43. The van der Waals surface area contributed by atoms with Gasteiger partial charge < -0.3 is 0 Å². The Morgan fingerprint density at radius 2 is 0.895 bits per heavy atom. The Morgan fingerprint density at radius 3 is 1.18 bits per heavy atom. The van der Waals surface area contributed by atoms with Gasteiger partial charge in [0, 0.05) is 12.8 Å². The third-order valence-corrected chi connectivity index (χ3v) is 5.59. The highest BCUT2D eigenvalue weighted by atomic mass is 14.1. The van der Waals surface area contributed by atoms with Crippen LogP contribution in [-0.2, 0) is 25.7 Å². The van der Waals surface area contributed by atoms with Crippen molar-refractivity contribution in [1.29, 1.82) is 0 Å². The van der Waals surface area contributed by atoms with Gasteiger partial charge in [-0.25, -0.2) is 0 Å². The van der Waals surface area contributed by atoms with Crippen LogP contribution in [0.2, 0.25) is 0 Å². The van der Waals surface area contributed by atoms with Gasteiger partial charge in [-0.05, 0) is 84.3 Å². The molecule has 38 heavy (non-hydrogen) atoms. The Balaban J connectivity index is 0.000000298. The monoisotopic (exact) mass is 500 g/mol. The van der Waals surface area contributed by atoms with E-state index in [1.165, 1.54) is 54.9 Å². The van der Waals surface area contributed by atoms with Crippen molar-refractivity contribution in [2.24, 2.45) is 0 Å². The third kappa shape index (κ3) is 10.5. The van der Waals surface area contributed by atoms with Crippen LogP contribution in [0.3, 0.4) is 0 Å². The molecule has 0 nitrogen and oxygen atoms in total. The summed E-state index contributed by atoms with van der Waals surface area (Å²) >= 11 is 0. The number of benzene rings is 4. The Kier molecular flexibility index (Phi) is 14.7. The Bertz CT molecular complexity index is 1300. The van der Waals surface area contributed by atoms with Crippen molar-refractivity contribution >= 4 is 21.5 Å². The molecule has 0 saturated carbocycles. The maximum Gasteiger partial charge on any atom is 0.0346 e. The highest BCUT2D eigenvalue weighted by molar-refractivity contribution is 5.87. The first kappa shape index (κ1) is 32.0. The van der Waals surface area contributed by atoms with Crippen molar-refractivity contribution in [3.8, 4) is 24.7 Å². The van der Waals surface area contributed by atoms with Crippen LogP contribution in [0.15, 0.2) is 97.1 Å². The van der Waals surface area contributed by atoms with Gasteiger partial charge in [-0.1, -0.05) is 97.8 Å². The lowest BCUT2D eigenvalue weighted by molar-refractivity contribution is 1.10. The molecular formula is C38H44. The van der Waals surface area contributed by atoms with Gasteiger partial charge in [-0.15, -0.1) is 37.8 Å². The molecule has 0 N–H and O–H groups in total. The molecule has 0 heterocycles. The fourth-order valence-corrected chi connectivity index (χ4v) is 4.05. The third-order valence-electron chi connectivity index (χ3n) is 5.59. The second-order valence-electron chi connectivity index (χ2n) is 9.73. The second-order valence-corrected chi connectivity index (χ2v) is 9.73. The van der Waals surface area contributed by atoms with Crippen molar-refractivity contribution in [3.63, 3.8) is 0 Å². The van der Waals surface area contributed by atoms with E-state index < -0.39 is 0 Å². The number of allylic oxidation sites excluding steroid dienone is 2. The summed E-state index contributed by atoms with van der Waals surface area (Å²) in [5.41, 5.74) is 7.70. The summed E-state index contributed by atoms with van der Waals surface area (Å²) < 4.78 is 0. The summed E-state index contributed by atoms with van der Waals surface area (Å²) in [4.78, 5) is 0. The van der Waals surface area contributed by atoms with E-state index in [2.05, 4.69) is 112 Å². The van der Waals surface area contributed by atoms with E-state index >= 15 is 0 Å². The van der Waals surface area contributed by atoms with Crippen LogP contribution in [0.25, 0.3) is 21.5 Å². The molecule has 0 aromatic heterocycles.